The fraction of sp³-hybridized carbons (Fsp3) is 0.455. The molecule has 2 aromatic heterocycles. The molecule has 156 valence electrons. The molecule has 3 aromatic rings. The molecule has 30 heavy (non-hydrogen) atoms. The first kappa shape index (κ1) is 19.1. The van der Waals surface area contributed by atoms with Crippen molar-refractivity contribution in [2.24, 2.45) is 5.41 Å². The van der Waals surface area contributed by atoms with Crippen LogP contribution in [0.25, 0.3) is 11.0 Å². The summed E-state index contributed by atoms with van der Waals surface area (Å²) < 4.78 is 4.88. The van der Waals surface area contributed by atoms with E-state index in [9.17, 15) is 9.90 Å². The number of piperidine rings is 2. The molecular formula is C22H25N5O3. The van der Waals surface area contributed by atoms with E-state index in [1.807, 2.05) is 17.0 Å². The molecule has 2 fully saturated rings. The summed E-state index contributed by atoms with van der Waals surface area (Å²) >= 11 is 0. The van der Waals surface area contributed by atoms with E-state index in [0.717, 1.165) is 55.5 Å². The largest absolute Gasteiger partial charge is 0.391 e. The summed E-state index contributed by atoms with van der Waals surface area (Å²) in [5, 5.41) is 18.5. The summed E-state index contributed by atoms with van der Waals surface area (Å²) in [6.45, 7) is 3.71. The lowest BCUT2D eigenvalue weighted by Gasteiger charge is -2.49. The molecule has 1 N–H and O–H groups in total. The van der Waals surface area contributed by atoms with Gasteiger partial charge in [0.25, 0.3) is 5.91 Å². The molecule has 4 heterocycles. The maximum atomic E-state index is 12.9. The highest BCUT2D eigenvalue weighted by atomic mass is 16.6. The Labute approximate surface area is 174 Å². The molecule has 1 aromatic carbocycles. The summed E-state index contributed by atoms with van der Waals surface area (Å²) in [5.74, 6) is -0.0473. The number of fused-ring (bicyclic) bond motifs is 1. The zero-order valence-corrected chi connectivity index (χ0v) is 16.8. The topological polar surface area (TPSA) is 95.6 Å². The smallest absolute Gasteiger partial charge is 0.255 e. The van der Waals surface area contributed by atoms with E-state index in [2.05, 4.69) is 26.3 Å². The quantitative estimate of drug-likeness (QED) is 0.710. The summed E-state index contributed by atoms with van der Waals surface area (Å²) in [4.78, 5) is 21.2. The van der Waals surface area contributed by atoms with Crippen LogP contribution in [-0.2, 0) is 6.54 Å². The van der Waals surface area contributed by atoms with Gasteiger partial charge in [-0.05, 0) is 71.8 Å². The second-order valence-electron chi connectivity index (χ2n) is 8.61. The molecule has 0 saturated carbocycles. The van der Waals surface area contributed by atoms with E-state index in [1.165, 1.54) is 0 Å². The van der Waals surface area contributed by atoms with E-state index in [-0.39, 0.29) is 11.3 Å². The monoisotopic (exact) mass is 407 g/mol. The van der Waals surface area contributed by atoms with Crippen LogP contribution in [0, 0.1) is 5.41 Å². The van der Waals surface area contributed by atoms with Crippen LogP contribution in [0.3, 0.4) is 0 Å². The van der Waals surface area contributed by atoms with E-state index in [4.69, 9.17) is 4.63 Å². The Morgan fingerprint density at radius 2 is 2.07 bits per heavy atom. The number of aromatic nitrogens is 3. The third-order valence-corrected chi connectivity index (χ3v) is 6.50. The highest BCUT2D eigenvalue weighted by molar-refractivity contribution is 5.94. The molecule has 8 nitrogen and oxygen atoms in total. The highest BCUT2D eigenvalue weighted by Crippen LogP contribution is 2.40. The van der Waals surface area contributed by atoms with Crippen molar-refractivity contribution >= 4 is 16.9 Å². The third kappa shape index (κ3) is 3.68. The number of benzene rings is 1. The van der Waals surface area contributed by atoms with Gasteiger partial charge in [-0.1, -0.05) is 12.1 Å². The van der Waals surface area contributed by atoms with Gasteiger partial charge in [-0.2, -0.15) is 0 Å². The molecule has 0 bridgehead atoms. The molecule has 1 amide bonds. The number of likely N-dealkylation sites (tertiary alicyclic amines) is 2. The minimum absolute atomic E-state index is 0.0342. The number of hydrogen-bond acceptors (Lipinski definition) is 7. The predicted molar refractivity (Wildman–Crippen MR) is 110 cm³/mol. The SMILES string of the molecule is O=C(c1cccnc1)N1CC(O)CC2(CCN(Cc3cccc4nonc34)CC2)C1. The van der Waals surface area contributed by atoms with Crippen LogP contribution in [0.1, 0.15) is 35.2 Å². The van der Waals surface area contributed by atoms with Crippen molar-refractivity contribution in [2.45, 2.75) is 31.9 Å². The van der Waals surface area contributed by atoms with Gasteiger partial charge in [-0.15, -0.1) is 0 Å². The standard InChI is InChI=1S/C22H25N5O3/c28-18-11-22(15-27(14-18)21(29)16-4-2-8-23-12-16)6-9-26(10-7-22)13-17-3-1-5-19-20(17)25-30-24-19/h1-5,8,12,18,28H,6-7,9-11,13-15H2. The van der Waals surface area contributed by atoms with Crippen LogP contribution < -0.4 is 0 Å². The van der Waals surface area contributed by atoms with E-state index < -0.39 is 6.10 Å². The fourth-order valence-corrected chi connectivity index (χ4v) is 4.96. The molecule has 0 radical (unpaired) electrons. The first-order chi connectivity index (χ1) is 14.6. The van der Waals surface area contributed by atoms with Gasteiger partial charge >= 0.3 is 0 Å². The van der Waals surface area contributed by atoms with Crippen molar-refractivity contribution in [3.05, 3.63) is 53.9 Å². The van der Waals surface area contributed by atoms with Crippen molar-refractivity contribution in [2.75, 3.05) is 26.2 Å². The number of β-amino-alcohol motifs (C(OH)–C–C–N with tert-alkyl or cyclic N) is 1. The van der Waals surface area contributed by atoms with Gasteiger partial charge < -0.3 is 10.0 Å². The van der Waals surface area contributed by atoms with Crippen molar-refractivity contribution in [1.82, 2.24) is 25.1 Å². The molecule has 2 aliphatic rings. The van der Waals surface area contributed by atoms with Crippen molar-refractivity contribution in [1.29, 1.82) is 0 Å². The zero-order valence-electron chi connectivity index (χ0n) is 16.8. The number of nitrogens with zero attached hydrogens (tertiary/aromatic N) is 5. The maximum Gasteiger partial charge on any atom is 0.255 e. The number of carbonyl (C=O) groups excluding carboxylic acids is 1. The zero-order chi connectivity index (χ0) is 20.6. The highest BCUT2D eigenvalue weighted by Gasteiger charge is 2.43. The van der Waals surface area contributed by atoms with Gasteiger partial charge in [-0.25, -0.2) is 4.63 Å². The number of aliphatic hydroxyl groups excluding tert-OH is 1. The Balaban J connectivity index is 1.26. The summed E-state index contributed by atoms with van der Waals surface area (Å²) in [5.41, 5.74) is 3.25. The number of pyridine rings is 1. The van der Waals surface area contributed by atoms with Gasteiger partial charge in [0.2, 0.25) is 0 Å². The number of hydrogen-bond donors (Lipinski definition) is 1. The lowest BCUT2D eigenvalue weighted by Crippen LogP contribution is -2.55. The Morgan fingerprint density at radius 3 is 2.87 bits per heavy atom. The molecule has 2 aliphatic heterocycles. The second-order valence-corrected chi connectivity index (χ2v) is 8.61. The number of carbonyl (C=O) groups is 1. The molecule has 1 unspecified atom stereocenters. The van der Waals surface area contributed by atoms with Crippen molar-refractivity contribution in [3.8, 4) is 0 Å². The van der Waals surface area contributed by atoms with Crippen LogP contribution in [0.4, 0.5) is 0 Å². The average molecular weight is 407 g/mol. The fourth-order valence-electron chi connectivity index (χ4n) is 4.96. The molecule has 1 spiro atoms. The Bertz CT molecular complexity index is 1030. The van der Waals surface area contributed by atoms with E-state index in [0.29, 0.717) is 18.7 Å². The van der Waals surface area contributed by atoms with Gasteiger partial charge in [0.1, 0.15) is 11.0 Å². The summed E-state index contributed by atoms with van der Waals surface area (Å²) in [6.07, 6.45) is 5.43. The van der Waals surface area contributed by atoms with E-state index >= 15 is 0 Å². The number of amides is 1. The number of aliphatic hydroxyl groups is 1. The van der Waals surface area contributed by atoms with E-state index in [1.54, 1.807) is 24.5 Å². The molecule has 8 heteroatoms. The molecule has 5 rings (SSSR count). The van der Waals surface area contributed by atoms with Crippen LogP contribution in [-0.4, -0.2) is 68.4 Å². The Morgan fingerprint density at radius 1 is 1.20 bits per heavy atom. The first-order valence-electron chi connectivity index (χ1n) is 10.4. The lowest BCUT2D eigenvalue weighted by molar-refractivity contribution is -0.0337. The lowest BCUT2D eigenvalue weighted by atomic mass is 9.71. The van der Waals surface area contributed by atoms with Crippen LogP contribution >= 0.6 is 0 Å². The molecule has 1 atom stereocenters. The second kappa shape index (κ2) is 7.77. The van der Waals surface area contributed by atoms with Crippen LogP contribution in [0.15, 0.2) is 47.4 Å². The summed E-state index contributed by atoms with van der Waals surface area (Å²) in [7, 11) is 0. The first-order valence-corrected chi connectivity index (χ1v) is 10.4. The molecule has 2 saturated heterocycles. The predicted octanol–water partition coefficient (Wildman–Crippen LogP) is 2.11. The van der Waals surface area contributed by atoms with Crippen LogP contribution in [0.5, 0.6) is 0 Å². The minimum Gasteiger partial charge on any atom is -0.391 e. The van der Waals surface area contributed by atoms with Gasteiger partial charge in [-0.3, -0.25) is 14.7 Å². The Hall–Kier alpha value is -2.84. The normalized spacial score (nSPS) is 21.9. The van der Waals surface area contributed by atoms with Crippen molar-refractivity contribution < 1.29 is 14.5 Å². The average Bonchev–Trinajstić information content (AvgIpc) is 3.25. The number of rotatable bonds is 3. The Kier molecular flexibility index (Phi) is 4.96. The van der Waals surface area contributed by atoms with Gasteiger partial charge in [0.05, 0.1) is 11.7 Å². The molecular weight excluding hydrogens is 382 g/mol. The van der Waals surface area contributed by atoms with Gasteiger partial charge in [0.15, 0.2) is 0 Å². The minimum atomic E-state index is -0.485. The van der Waals surface area contributed by atoms with Crippen molar-refractivity contribution in [3.63, 3.8) is 0 Å². The maximum absolute atomic E-state index is 12.9. The summed E-state index contributed by atoms with van der Waals surface area (Å²) in [6, 6.07) is 9.50. The van der Waals surface area contributed by atoms with Gasteiger partial charge in [0, 0.05) is 32.0 Å². The molecule has 0 aliphatic carbocycles. The van der Waals surface area contributed by atoms with Crippen LogP contribution in [0.2, 0.25) is 0 Å². The third-order valence-electron chi connectivity index (χ3n) is 6.50.